The van der Waals surface area contributed by atoms with Gasteiger partial charge in [-0.3, -0.25) is 9.59 Å². The number of anilines is 1. The summed E-state index contributed by atoms with van der Waals surface area (Å²) in [7, 11) is 0. The minimum absolute atomic E-state index is 0.110. The third-order valence-corrected chi connectivity index (χ3v) is 4.87. The highest BCUT2D eigenvalue weighted by molar-refractivity contribution is 6.30. The van der Waals surface area contributed by atoms with Crippen LogP contribution in [0.1, 0.15) is 77.3 Å². The monoisotopic (exact) mass is 353 g/mol. The van der Waals surface area contributed by atoms with Crippen LogP contribution in [0.15, 0.2) is 36.4 Å². The SMILES string of the molecule is CCCCCCCCNc1ccc(F)c2c1C(=O)c1ccccc1C2=O. The molecule has 0 heterocycles. The molecule has 0 saturated heterocycles. The van der Waals surface area contributed by atoms with Gasteiger partial charge >= 0.3 is 0 Å². The van der Waals surface area contributed by atoms with Crippen molar-refractivity contribution in [2.45, 2.75) is 45.4 Å². The summed E-state index contributed by atoms with van der Waals surface area (Å²) in [6.45, 7) is 2.89. The van der Waals surface area contributed by atoms with Crippen LogP contribution in [0.2, 0.25) is 0 Å². The number of rotatable bonds is 8. The van der Waals surface area contributed by atoms with Crippen molar-refractivity contribution in [3.8, 4) is 0 Å². The number of benzene rings is 2. The average Bonchev–Trinajstić information content (AvgIpc) is 2.66. The minimum atomic E-state index is -0.641. The second kappa shape index (κ2) is 8.26. The number of carbonyl (C=O) groups is 2. The van der Waals surface area contributed by atoms with Crippen molar-refractivity contribution in [3.63, 3.8) is 0 Å². The average molecular weight is 353 g/mol. The molecular weight excluding hydrogens is 329 g/mol. The molecule has 1 aliphatic rings. The first kappa shape index (κ1) is 18.3. The zero-order valence-electron chi connectivity index (χ0n) is 15.1. The van der Waals surface area contributed by atoms with Crippen molar-refractivity contribution in [2.24, 2.45) is 0 Å². The smallest absolute Gasteiger partial charge is 0.197 e. The standard InChI is InChI=1S/C22H24FNO2/c1-2-3-4-5-6-9-14-24-18-13-12-17(23)19-20(18)22(26)16-11-8-7-10-15(16)21(19)25/h7-8,10-13,24H,2-6,9,14H2,1H3. The van der Waals surface area contributed by atoms with Crippen molar-refractivity contribution in [3.05, 3.63) is 64.5 Å². The van der Waals surface area contributed by atoms with Crippen molar-refractivity contribution in [1.29, 1.82) is 0 Å². The molecule has 0 amide bonds. The molecule has 0 radical (unpaired) electrons. The van der Waals surface area contributed by atoms with Crippen LogP contribution in [0.5, 0.6) is 0 Å². The third-order valence-electron chi connectivity index (χ3n) is 4.87. The van der Waals surface area contributed by atoms with Crippen LogP contribution in [0.3, 0.4) is 0 Å². The van der Waals surface area contributed by atoms with Gasteiger partial charge in [-0.25, -0.2) is 4.39 Å². The molecule has 0 aliphatic heterocycles. The molecule has 1 N–H and O–H groups in total. The molecule has 2 aromatic carbocycles. The van der Waals surface area contributed by atoms with Crippen molar-refractivity contribution >= 4 is 17.3 Å². The lowest BCUT2D eigenvalue weighted by molar-refractivity contribution is 0.0976. The molecule has 0 unspecified atom stereocenters. The number of unbranched alkanes of at least 4 members (excludes halogenated alkanes) is 5. The van der Waals surface area contributed by atoms with Gasteiger partial charge in [0.05, 0.1) is 11.1 Å². The summed E-state index contributed by atoms with van der Waals surface area (Å²) in [6, 6.07) is 9.44. The maximum absolute atomic E-state index is 14.3. The van der Waals surface area contributed by atoms with Gasteiger partial charge in [0.2, 0.25) is 0 Å². The fraction of sp³-hybridized carbons (Fsp3) is 0.364. The molecule has 0 atom stereocenters. The minimum Gasteiger partial charge on any atom is -0.384 e. The Kier molecular flexibility index (Phi) is 5.82. The summed E-state index contributed by atoms with van der Waals surface area (Å²) in [6.07, 6.45) is 7.02. The van der Waals surface area contributed by atoms with Gasteiger partial charge < -0.3 is 5.32 Å². The number of hydrogen-bond donors (Lipinski definition) is 1. The quantitative estimate of drug-likeness (QED) is 0.554. The van der Waals surface area contributed by atoms with Crippen LogP contribution >= 0.6 is 0 Å². The highest BCUT2D eigenvalue weighted by atomic mass is 19.1. The van der Waals surface area contributed by atoms with Gasteiger partial charge in [-0.1, -0.05) is 63.3 Å². The maximum Gasteiger partial charge on any atom is 0.197 e. The largest absolute Gasteiger partial charge is 0.384 e. The molecule has 4 heteroatoms. The Morgan fingerprint density at radius 3 is 2.12 bits per heavy atom. The lowest BCUT2D eigenvalue weighted by Gasteiger charge is -2.21. The Morgan fingerprint density at radius 1 is 0.808 bits per heavy atom. The second-order valence-electron chi connectivity index (χ2n) is 6.74. The highest BCUT2D eigenvalue weighted by Crippen LogP contribution is 2.33. The summed E-state index contributed by atoms with van der Waals surface area (Å²) >= 11 is 0. The zero-order valence-corrected chi connectivity index (χ0v) is 15.1. The zero-order chi connectivity index (χ0) is 18.5. The molecule has 0 bridgehead atoms. The topological polar surface area (TPSA) is 46.2 Å². The predicted molar refractivity (Wildman–Crippen MR) is 102 cm³/mol. The summed E-state index contributed by atoms with van der Waals surface area (Å²) in [5, 5.41) is 3.23. The second-order valence-corrected chi connectivity index (χ2v) is 6.74. The van der Waals surface area contributed by atoms with Gasteiger partial charge in [-0.15, -0.1) is 0 Å². The molecule has 3 rings (SSSR count). The van der Waals surface area contributed by atoms with Gasteiger partial charge in [-0.05, 0) is 18.6 Å². The van der Waals surface area contributed by atoms with Crippen LogP contribution in [-0.2, 0) is 0 Å². The number of ketones is 2. The fourth-order valence-corrected chi connectivity index (χ4v) is 3.46. The normalized spacial score (nSPS) is 12.7. The molecule has 3 nitrogen and oxygen atoms in total. The number of fused-ring (bicyclic) bond motifs is 2. The summed E-state index contributed by atoms with van der Waals surface area (Å²) < 4.78 is 14.3. The molecule has 136 valence electrons. The Labute approximate surface area is 153 Å². The Balaban J connectivity index is 1.78. The first-order valence-electron chi connectivity index (χ1n) is 9.40. The lowest BCUT2D eigenvalue weighted by Crippen LogP contribution is -2.24. The third kappa shape index (κ3) is 3.55. The predicted octanol–water partition coefficient (Wildman–Crippen LogP) is 5.37. The van der Waals surface area contributed by atoms with Gasteiger partial charge in [0.25, 0.3) is 0 Å². The van der Waals surface area contributed by atoms with Crippen LogP contribution in [0.25, 0.3) is 0 Å². The van der Waals surface area contributed by atoms with E-state index in [1.165, 1.54) is 31.7 Å². The van der Waals surface area contributed by atoms with Gasteiger partial charge in [0.15, 0.2) is 11.6 Å². The summed E-state index contributed by atoms with van der Waals surface area (Å²) in [4.78, 5) is 25.6. The van der Waals surface area contributed by atoms with E-state index in [-0.39, 0.29) is 22.5 Å². The molecule has 0 fully saturated rings. The fourth-order valence-electron chi connectivity index (χ4n) is 3.46. The van der Waals surface area contributed by atoms with E-state index in [2.05, 4.69) is 12.2 Å². The van der Waals surface area contributed by atoms with Crippen LogP contribution < -0.4 is 5.32 Å². The van der Waals surface area contributed by atoms with E-state index in [1.54, 1.807) is 30.3 Å². The Morgan fingerprint density at radius 2 is 1.42 bits per heavy atom. The van der Waals surface area contributed by atoms with E-state index in [0.29, 0.717) is 17.8 Å². The Hall–Kier alpha value is -2.49. The van der Waals surface area contributed by atoms with E-state index < -0.39 is 11.6 Å². The number of hydrogen-bond acceptors (Lipinski definition) is 3. The molecular formula is C22H24FNO2. The molecule has 0 aromatic heterocycles. The van der Waals surface area contributed by atoms with Crippen molar-refractivity contribution in [2.75, 3.05) is 11.9 Å². The summed E-state index contributed by atoms with van der Waals surface area (Å²) in [5.41, 5.74) is 1.22. The van der Waals surface area contributed by atoms with Crippen LogP contribution in [0.4, 0.5) is 10.1 Å². The van der Waals surface area contributed by atoms with Crippen molar-refractivity contribution in [1.82, 2.24) is 0 Å². The first-order valence-corrected chi connectivity index (χ1v) is 9.40. The highest BCUT2D eigenvalue weighted by Gasteiger charge is 2.33. The first-order chi connectivity index (χ1) is 12.6. The number of halogens is 1. The maximum atomic E-state index is 14.3. The van der Waals surface area contributed by atoms with Crippen LogP contribution in [-0.4, -0.2) is 18.1 Å². The number of nitrogens with one attached hydrogen (secondary N) is 1. The lowest BCUT2D eigenvalue weighted by atomic mass is 9.83. The van der Waals surface area contributed by atoms with E-state index in [4.69, 9.17) is 0 Å². The molecule has 26 heavy (non-hydrogen) atoms. The molecule has 0 saturated carbocycles. The molecule has 2 aromatic rings. The molecule has 1 aliphatic carbocycles. The van der Waals surface area contributed by atoms with E-state index in [0.717, 1.165) is 12.8 Å². The van der Waals surface area contributed by atoms with Gasteiger partial charge in [-0.2, -0.15) is 0 Å². The number of carbonyl (C=O) groups excluding carboxylic acids is 2. The van der Waals surface area contributed by atoms with E-state index >= 15 is 0 Å². The summed E-state index contributed by atoms with van der Waals surface area (Å²) in [5.74, 6) is -1.35. The van der Waals surface area contributed by atoms with Gasteiger partial charge in [0.1, 0.15) is 5.82 Å². The van der Waals surface area contributed by atoms with Gasteiger partial charge in [0, 0.05) is 23.4 Å². The van der Waals surface area contributed by atoms with E-state index in [1.807, 2.05) is 0 Å². The Bertz CT molecular complexity index is 829. The van der Waals surface area contributed by atoms with E-state index in [9.17, 15) is 14.0 Å². The van der Waals surface area contributed by atoms with Crippen molar-refractivity contribution < 1.29 is 14.0 Å². The van der Waals surface area contributed by atoms with Crippen LogP contribution in [0, 0.1) is 5.82 Å². The molecule has 0 spiro atoms.